The molecular formula is C31H30ClF3N2O8. The first-order chi connectivity index (χ1) is 21.0. The summed E-state index contributed by atoms with van der Waals surface area (Å²) in [6.07, 6.45) is -1.99. The van der Waals surface area contributed by atoms with Crippen molar-refractivity contribution in [2.45, 2.75) is 65.2 Å². The number of ether oxygens (including phenoxy) is 2. The van der Waals surface area contributed by atoms with Crippen LogP contribution in [0.5, 0.6) is 23.0 Å². The van der Waals surface area contributed by atoms with E-state index in [2.05, 4.69) is 15.4 Å². The van der Waals surface area contributed by atoms with E-state index in [-0.39, 0.29) is 56.8 Å². The van der Waals surface area contributed by atoms with E-state index >= 15 is 0 Å². The molecule has 2 aromatic rings. The molecule has 0 aromatic heterocycles. The molecule has 0 saturated carbocycles. The topological polar surface area (TPSA) is 151 Å². The third kappa shape index (κ3) is 6.48. The number of carbonyl (C=O) groups excluding carboxylic acids is 4. The number of aromatic hydroxyl groups is 2. The maximum Gasteiger partial charge on any atom is 0.573 e. The van der Waals surface area contributed by atoms with Crippen molar-refractivity contribution in [2.75, 3.05) is 11.9 Å². The number of rotatable bonds is 10. The van der Waals surface area contributed by atoms with Gasteiger partial charge >= 0.3 is 6.36 Å². The Morgan fingerprint density at radius 2 is 1.78 bits per heavy atom. The summed E-state index contributed by atoms with van der Waals surface area (Å²) in [5, 5.41) is 26.7. The first-order valence-electron chi connectivity index (χ1n) is 13.9. The van der Waals surface area contributed by atoms with Gasteiger partial charge in [-0.15, -0.1) is 13.2 Å². The SMILES string of the molecule is CC(=O)c1c(O)c(C)c(O)c2c1OC1=CC(=O)/C(=C(/C)NCCCCCC(=O)Nc3ccc(OC(F)(F)F)c(Cl)c3)C(=O)C12C. The van der Waals surface area contributed by atoms with Crippen LogP contribution in [0.1, 0.15) is 67.9 Å². The number of anilines is 1. The monoisotopic (exact) mass is 650 g/mol. The summed E-state index contributed by atoms with van der Waals surface area (Å²) < 4.78 is 46.7. The van der Waals surface area contributed by atoms with E-state index in [0.29, 0.717) is 31.5 Å². The van der Waals surface area contributed by atoms with Crippen LogP contribution in [0.3, 0.4) is 0 Å². The smallest absolute Gasteiger partial charge is 0.507 e. The van der Waals surface area contributed by atoms with E-state index in [4.69, 9.17) is 16.3 Å². The van der Waals surface area contributed by atoms with Gasteiger partial charge in [-0.1, -0.05) is 18.0 Å². The number of allylic oxidation sites excluding steroid dienone is 4. The number of ketones is 3. The van der Waals surface area contributed by atoms with Crippen LogP contribution in [0.25, 0.3) is 0 Å². The van der Waals surface area contributed by atoms with Gasteiger partial charge < -0.3 is 30.3 Å². The van der Waals surface area contributed by atoms with Crippen molar-refractivity contribution in [3.05, 3.63) is 63.0 Å². The molecule has 240 valence electrons. The Balaban J connectivity index is 1.35. The fourth-order valence-corrected chi connectivity index (χ4v) is 5.54. The average molecular weight is 651 g/mol. The number of alkyl halides is 3. The Morgan fingerprint density at radius 3 is 2.40 bits per heavy atom. The summed E-state index contributed by atoms with van der Waals surface area (Å²) >= 11 is 5.80. The van der Waals surface area contributed by atoms with Crippen LogP contribution in [-0.2, 0) is 19.8 Å². The van der Waals surface area contributed by atoms with E-state index in [1.165, 1.54) is 26.8 Å². The Labute approximate surface area is 260 Å². The first kappa shape index (κ1) is 33.4. The predicted octanol–water partition coefficient (Wildman–Crippen LogP) is 5.91. The molecule has 1 aliphatic heterocycles. The van der Waals surface area contributed by atoms with Crippen LogP contribution in [0.15, 0.2) is 41.3 Å². The number of benzene rings is 2. The molecule has 45 heavy (non-hydrogen) atoms. The van der Waals surface area contributed by atoms with Gasteiger partial charge in [0.2, 0.25) is 5.91 Å². The zero-order valence-corrected chi connectivity index (χ0v) is 25.5. The van der Waals surface area contributed by atoms with Gasteiger partial charge in [-0.25, -0.2) is 0 Å². The highest BCUT2D eigenvalue weighted by Gasteiger charge is 2.56. The molecule has 0 bridgehead atoms. The fraction of sp³-hybridized carbons (Fsp3) is 0.355. The Hall–Kier alpha value is -4.52. The molecule has 1 atom stereocenters. The number of carbonyl (C=O) groups is 4. The molecule has 0 radical (unpaired) electrons. The standard InChI is InChI=1S/C31H30ClF3N2O8/c1-14-26(41)24(16(3)38)28-25(27(14)42)30(4)21(44-28)13-19(39)23(29(30)43)15(2)36-11-7-5-6-8-22(40)37-17-9-10-20(18(32)12-17)45-31(33,34)35/h9-10,12-13,36,41-42H,5-8,11H2,1-4H3,(H,37,40)/b23-15+. The molecule has 0 saturated heterocycles. The van der Waals surface area contributed by atoms with Gasteiger partial charge in [0.1, 0.15) is 39.7 Å². The van der Waals surface area contributed by atoms with E-state index < -0.39 is 46.4 Å². The third-order valence-corrected chi connectivity index (χ3v) is 7.97. The molecule has 0 fully saturated rings. The lowest BCUT2D eigenvalue weighted by Gasteiger charge is -2.29. The van der Waals surface area contributed by atoms with Crippen LogP contribution in [0.4, 0.5) is 18.9 Å². The number of phenolic OH excluding ortho intramolecular Hbond substituents is 2. The lowest BCUT2D eigenvalue weighted by atomic mass is 9.70. The quantitative estimate of drug-likeness (QED) is 0.106. The van der Waals surface area contributed by atoms with Crippen LogP contribution in [0.2, 0.25) is 5.02 Å². The molecule has 1 heterocycles. The zero-order valence-electron chi connectivity index (χ0n) is 24.7. The zero-order chi connectivity index (χ0) is 33.4. The third-order valence-electron chi connectivity index (χ3n) is 7.67. The number of amides is 1. The predicted molar refractivity (Wildman–Crippen MR) is 157 cm³/mol. The molecule has 4 N–H and O–H groups in total. The minimum Gasteiger partial charge on any atom is -0.507 e. The number of fused-ring (bicyclic) bond motifs is 3. The second kappa shape index (κ2) is 12.5. The molecule has 2 aliphatic rings. The lowest BCUT2D eigenvalue weighted by Crippen LogP contribution is -2.41. The summed E-state index contributed by atoms with van der Waals surface area (Å²) in [4.78, 5) is 51.4. The molecule has 1 aliphatic carbocycles. The van der Waals surface area contributed by atoms with Crippen LogP contribution < -0.4 is 20.1 Å². The van der Waals surface area contributed by atoms with E-state index in [1.807, 2.05) is 0 Å². The van der Waals surface area contributed by atoms with Gasteiger partial charge in [-0.05, 0) is 58.7 Å². The van der Waals surface area contributed by atoms with Gasteiger partial charge in [0.05, 0.1) is 16.2 Å². The van der Waals surface area contributed by atoms with Crippen molar-refractivity contribution < 1.29 is 52.0 Å². The van der Waals surface area contributed by atoms with E-state index in [9.17, 15) is 42.6 Å². The molecule has 14 heteroatoms. The fourth-order valence-electron chi connectivity index (χ4n) is 5.32. The molecular weight excluding hydrogens is 621 g/mol. The largest absolute Gasteiger partial charge is 0.573 e. The Kier molecular flexibility index (Phi) is 9.25. The minimum atomic E-state index is -4.90. The van der Waals surface area contributed by atoms with E-state index in [0.717, 1.165) is 18.2 Å². The normalized spacial score (nSPS) is 18.4. The second-order valence-electron chi connectivity index (χ2n) is 10.9. The van der Waals surface area contributed by atoms with Crippen molar-refractivity contribution >= 4 is 40.5 Å². The highest BCUT2D eigenvalue weighted by Crippen LogP contribution is 2.57. The Bertz CT molecular complexity index is 1680. The summed E-state index contributed by atoms with van der Waals surface area (Å²) in [7, 11) is 0. The molecule has 2 aromatic carbocycles. The molecule has 10 nitrogen and oxygen atoms in total. The van der Waals surface area contributed by atoms with Crippen molar-refractivity contribution in [3.8, 4) is 23.0 Å². The average Bonchev–Trinajstić information content (AvgIpc) is 3.22. The van der Waals surface area contributed by atoms with Crippen LogP contribution >= 0.6 is 11.6 Å². The van der Waals surface area contributed by atoms with Gasteiger partial charge in [0, 0.05) is 36.0 Å². The van der Waals surface area contributed by atoms with Crippen molar-refractivity contribution in [2.24, 2.45) is 0 Å². The van der Waals surface area contributed by atoms with Crippen LogP contribution in [-0.4, -0.2) is 46.4 Å². The molecule has 1 amide bonds. The van der Waals surface area contributed by atoms with Crippen molar-refractivity contribution in [3.63, 3.8) is 0 Å². The molecule has 0 spiro atoms. The lowest BCUT2D eigenvalue weighted by molar-refractivity contribution is -0.274. The van der Waals surface area contributed by atoms with Crippen molar-refractivity contribution in [1.29, 1.82) is 0 Å². The maximum absolute atomic E-state index is 13.8. The minimum absolute atomic E-state index is 0.000945. The number of unbranched alkanes of at least 4 members (excludes halogenated alkanes) is 2. The van der Waals surface area contributed by atoms with Gasteiger partial charge in [0.25, 0.3) is 0 Å². The molecule has 4 rings (SSSR count). The second-order valence-corrected chi connectivity index (χ2v) is 11.3. The highest BCUT2D eigenvalue weighted by atomic mass is 35.5. The van der Waals surface area contributed by atoms with Gasteiger partial charge in [0.15, 0.2) is 17.3 Å². The Morgan fingerprint density at radius 1 is 1.09 bits per heavy atom. The number of halogens is 4. The number of Topliss-reactive ketones (excluding diaryl/α,β-unsaturated/α-hetero) is 2. The van der Waals surface area contributed by atoms with Gasteiger partial charge in [-0.3, -0.25) is 19.2 Å². The molecule has 1 unspecified atom stereocenters. The number of phenols is 2. The summed E-state index contributed by atoms with van der Waals surface area (Å²) in [6.45, 7) is 6.02. The summed E-state index contributed by atoms with van der Waals surface area (Å²) in [5.41, 5.74) is -1.43. The number of hydrogen-bond donors (Lipinski definition) is 4. The van der Waals surface area contributed by atoms with Gasteiger partial charge in [-0.2, -0.15) is 0 Å². The first-order valence-corrected chi connectivity index (χ1v) is 14.2. The van der Waals surface area contributed by atoms with E-state index in [1.54, 1.807) is 6.92 Å². The van der Waals surface area contributed by atoms with Crippen molar-refractivity contribution in [1.82, 2.24) is 5.32 Å². The summed E-state index contributed by atoms with van der Waals surface area (Å²) in [6, 6.07) is 3.39. The highest BCUT2D eigenvalue weighted by molar-refractivity contribution is 6.32. The number of hydrogen-bond acceptors (Lipinski definition) is 9. The van der Waals surface area contributed by atoms with Crippen LogP contribution in [0, 0.1) is 6.92 Å². The maximum atomic E-state index is 13.8. The number of nitrogens with one attached hydrogen (secondary N) is 2. The summed E-state index contributed by atoms with van der Waals surface area (Å²) in [5.74, 6) is -3.85.